The number of nitrogens with zero attached hydrogens (tertiary/aromatic N) is 2. The smallest absolute Gasteiger partial charge is 0.253 e. The van der Waals surface area contributed by atoms with Crippen LogP contribution in [-0.4, -0.2) is 34.8 Å². The first kappa shape index (κ1) is 18.9. The molecule has 0 radical (unpaired) electrons. The minimum absolute atomic E-state index is 0.0982. The molecule has 142 valence electrons. The van der Waals surface area contributed by atoms with E-state index in [4.69, 9.17) is 5.73 Å². The zero-order valence-electron chi connectivity index (χ0n) is 15.9. The average molecular weight is 366 g/mol. The molecule has 0 unspecified atom stereocenters. The van der Waals surface area contributed by atoms with Crippen molar-refractivity contribution in [3.05, 3.63) is 58.3 Å². The third kappa shape index (κ3) is 4.45. The number of hydrogen-bond donors (Lipinski definition) is 2. The van der Waals surface area contributed by atoms with Gasteiger partial charge in [-0.2, -0.15) is 0 Å². The molecule has 3 N–H and O–H groups in total. The van der Waals surface area contributed by atoms with Crippen LogP contribution in [0.15, 0.2) is 30.3 Å². The highest BCUT2D eigenvalue weighted by Gasteiger charge is 2.18. The van der Waals surface area contributed by atoms with Crippen molar-refractivity contribution in [2.45, 2.75) is 39.7 Å². The summed E-state index contributed by atoms with van der Waals surface area (Å²) in [6, 6.07) is 9.32. The van der Waals surface area contributed by atoms with Crippen LogP contribution in [0.3, 0.4) is 0 Å². The zero-order valence-corrected chi connectivity index (χ0v) is 15.9. The summed E-state index contributed by atoms with van der Waals surface area (Å²) in [5, 5.41) is 3.18. The number of amides is 2. The van der Waals surface area contributed by atoms with E-state index in [9.17, 15) is 9.59 Å². The number of piperidine rings is 1. The Balaban J connectivity index is 1.68. The number of primary amides is 1. The van der Waals surface area contributed by atoms with Crippen molar-refractivity contribution in [2.75, 3.05) is 18.4 Å². The fourth-order valence-corrected chi connectivity index (χ4v) is 3.26. The lowest BCUT2D eigenvalue weighted by Crippen LogP contribution is -2.35. The Bertz CT molecular complexity index is 840. The standard InChI is InChI=1S/C21H26N4O2/c1-14-12-18(19(22)26)20(24-15(14)2)23-13-16-6-8-17(9-7-16)21(27)25-10-4-3-5-11-25/h6-9,12H,3-5,10-11,13H2,1-2H3,(H2,22,26)(H,23,24). The number of hydrogen-bond acceptors (Lipinski definition) is 4. The monoisotopic (exact) mass is 366 g/mol. The molecule has 27 heavy (non-hydrogen) atoms. The van der Waals surface area contributed by atoms with Gasteiger partial charge in [0.05, 0.1) is 5.56 Å². The van der Waals surface area contributed by atoms with Crippen LogP contribution in [0.5, 0.6) is 0 Å². The Labute approximate surface area is 159 Å². The number of aryl methyl sites for hydroxylation is 2. The molecule has 1 aliphatic heterocycles. The summed E-state index contributed by atoms with van der Waals surface area (Å²) in [6.07, 6.45) is 3.37. The summed E-state index contributed by atoms with van der Waals surface area (Å²) < 4.78 is 0. The van der Waals surface area contributed by atoms with Crippen molar-refractivity contribution >= 4 is 17.6 Å². The van der Waals surface area contributed by atoms with E-state index in [1.54, 1.807) is 6.07 Å². The fraction of sp³-hybridized carbons (Fsp3) is 0.381. The molecule has 2 aromatic rings. The summed E-state index contributed by atoms with van der Waals surface area (Å²) in [5.41, 5.74) is 9.34. The maximum Gasteiger partial charge on any atom is 0.253 e. The molecule has 1 fully saturated rings. The second kappa shape index (κ2) is 8.20. The molecule has 6 nitrogen and oxygen atoms in total. The Morgan fingerprint density at radius 3 is 2.41 bits per heavy atom. The first-order chi connectivity index (χ1) is 13.0. The fourth-order valence-electron chi connectivity index (χ4n) is 3.26. The van der Waals surface area contributed by atoms with Crippen molar-refractivity contribution in [2.24, 2.45) is 5.73 Å². The van der Waals surface area contributed by atoms with Crippen molar-refractivity contribution in [3.8, 4) is 0 Å². The third-order valence-electron chi connectivity index (χ3n) is 5.04. The lowest BCUT2D eigenvalue weighted by molar-refractivity contribution is 0.0724. The molecule has 6 heteroatoms. The maximum absolute atomic E-state index is 12.5. The Morgan fingerprint density at radius 2 is 1.78 bits per heavy atom. The predicted octanol–water partition coefficient (Wildman–Crippen LogP) is 3.04. The van der Waals surface area contributed by atoms with Crippen LogP contribution >= 0.6 is 0 Å². The summed E-state index contributed by atoms with van der Waals surface area (Å²) >= 11 is 0. The molecule has 0 spiro atoms. The number of nitrogens with one attached hydrogen (secondary N) is 1. The van der Waals surface area contributed by atoms with Gasteiger partial charge in [0.25, 0.3) is 11.8 Å². The van der Waals surface area contributed by atoms with Crippen LogP contribution in [0.2, 0.25) is 0 Å². The van der Waals surface area contributed by atoms with Gasteiger partial charge in [0, 0.05) is 30.9 Å². The van der Waals surface area contributed by atoms with Gasteiger partial charge in [0.15, 0.2) is 0 Å². The Kier molecular flexibility index (Phi) is 5.74. The molecule has 2 amide bonds. The van der Waals surface area contributed by atoms with Gasteiger partial charge in [-0.25, -0.2) is 4.98 Å². The second-order valence-electron chi connectivity index (χ2n) is 7.05. The highest BCUT2D eigenvalue weighted by Crippen LogP contribution is 2.18. The lowest BCUT2D eigenvalue weighted by atomic mass is 10.1. The number of carbonyl (C=O) groups is 2. The Hall–Kier alpha value is -2.89. The normalized spacial score (nSPS) is 14.1. The first-order valence-electron chi connectivity index (χ1n) is 9.36. The SMILES string of the molecule is Cc1cc(C(N)=O)c(NCc2ccc(C(=O)N3CCCCC3)cc2)nc1C. The van der Waals surface area contributed by atoms with Gasteiger partial charge in [-0.3, -0.25) is 9.59 Å². The van der Waals surface area contributed by atoms with Gasteiger partial charge >= 0.3 is 0 Å². The molecule has 1 saturated heterocycles. The molecule has 0 bridgehead atoms. The maximum atomic E-state index is 12.5. The summed E-state index contributed by atoms with van der Waals surface area (Å²) in [7, 11) is 0. The van der Waals surface area contributed by atoms with E-state index in [1.165, 1.54) is 6.42 Å². The van der Waals surface area contributed by atoms with Gasteiger partial charge in [-0.1, -0.05) is 12.1 Å². The minimum atomic E-state index is -0.504. The van der Waals surface area contributed by atoms with Crippen LogP contribution in [0.1, 0.15) is 56.8 Å². The quantitative estimate of drug-likeness (QED) is 0.851. The molecule has 0 atom stereocenters. The summed E-state index contributed by atoms with van der Waals surface area (Å²) in [5.74, 6) is 0.0793. The molecule has 3 rings (SSSR count). The molecule has 1 aromatic heterocycles. The molecule has 2 heterocycles. The lowest BCUT2D eigenvalue weighted by Gasteiger charge is -2.26. The predicted molar refractivity (Wildman–Crippen MR) is 106 cm³/mol. The number of carbonyl (C=O) groups excluding carboxylic acids is 2. The molecule has 1 aliphatic rings. The number of anilines is 1. The molecular weight excluding hydrogens is 340 g/mol. The number of nitrogens with two attached hydrogens (primary N) is 1. The van der Waals surface area contributed by atoms with Crippen LogP contribution in [0.4, 0.5) is 5.82 Å². The van der Waals surface area contributed by atoms with E-state index >= 15 is 0 Å². The van der Waals surface area contributed by atoms with Gasteiger partial charge in [0.2, 0.25) is 0 Å². The summed E-state index contributed by atoms with van der Waals surface area (Å²) in [6.45, 7) is 5.98. The number of rotatable bonds is 5. The second-order valence-corrected chi connectivity index (χ2v) is 7.05. The number of benzene rings is 1. The van der Waals surface area contributed by atoms with E-state index in [-0.39, 0.29) is 5.91 Å². The number of likely N-dealkylation sites (tertiary alicyclic amines) is 1. The van der Waals surface area contributed by atoms with Crippen LogP contribution < -0.4 is 11.1 Å². The number of aromatic nitrogens is 1. The van der Waals surface area contributed by atoms with Gasteiger partial charge in [-0.15, -0.1) is 0 Å². The van der Waals surface area contributed by atoms with Gasteiger partial charge in [0.1, 0.15) is 5.82 Å². The first-order valence-corrected chi connectivity index (χ1v) is 9.36. The van der Waals surface area contributed by atoms with Crippen molar-refractivity contribution in [1.29, 1.82) is 0 Å². The topological polar surface area (TPSA) is 88.3 Å². The van der Waals surface area contributed by atoms with Gasteiger partial charge in [-0.05, 0) is 62.4 Å². The Morgan fingerprint density at radius 1 is 1.11 bits per heavy atom. The van der Waals surface area contributed by atoms with E-state index in [2.05, 4.69) is 10.3 Å². The van der Waals surface area contributed by atoms with E-state index < -0.39 is 5.91 Å². The average Bonchev–Trinajstić information content (AvgIpc) is 2.69. The summed E-state index contributed by atoms with van der Waals surface area (Å²) in [4.78, 5) is 30.6. The van der Waals surface area contributed by atoms with Crippen molar-refractivity contribution in [3.63, 3.8) is 0 Å². The highest BCUT2D eigenvalue weighted by molar-refractivity contribution is 5.97. The van der Waals surface area contributed by atoms with E-state index in [0.717, 1.165) is 42.8 Å². The highest BCUT2D eigenvalue weighted by atomic mass is 16.2. The van der Waals surface area contributed by atoms with Crippen LogP contribution in [0, 0.1) is 13.8 Å². The van der Waals surface area contributed by atoms with Crippen molar-refractivity contribution < 1.29 is 9.59 Å². The largest absolute Gasteiger partial charge is 0.365 e. The van der Waals surface area contributed by atoms with Crippen molar-refractivity contribution in [1.82, 2.24) is 9.88 Å². The minimum Gasteiger partial charge on any atom is -0.365 e. The van der Waals surface area contributed by atoms with Crippen LogP contribution in [0.25, 0.3) is 0 Å². The third-order valence-corrected chi connectivity index (χ3v) is 5.04. The molecule has 0 aliphatic carbocycles. The zero-order chi connectivity index (χ0) is 19.4. The molecule has 1 aromatic carbocycles. The van der Waals surface area contributed by atoms with Crippen LogP contribution in [-0.2, 0) is 6.54 Å². The molecule has 0 saturated carbocycles. The van der Waals surface area contributed by atoms with Gasteiger partial charge < -0.3 is 16.0 Å². The number of pyridine rings is 1. The molecular formula is C21H26N4O2. The van der Waals surface area contributed by atoms with E-state index in [0.29, 0.717) is 23.5 Å². The van der Waals surface area contributed by atoms with E-state index in [1.807, 2.05) is 43.0 Å².